The number of halogens is 1. The van der Waals surface area contributed by atoms with E-state index < -0.39 is 0 Å². The van der Waals surface area contributed by atoms with Crippen molar-refractivity contribution in [1.29, 1.82) is 0 Å². The smallest absolute Gasteiger partial charge is 0.0795 e. The zero-order valence-corrected chi connectivity index (χ0v) is 12.3. The zero-order chi connectivity index (χ0) is 12.9. The number of benzene rings is 1. The van der Waals surface area contributed by atoms with Gasteiger partial charge >= 0.3 is 0 Å². The predicted octanol–water partition coefficient (Wildman–Crippen LogP) is 2.64. The summed E-state index contributed by atoms with van der Waals surface area (Å²) >= 11 is 3.47. The van der Waals surface area contributed by atoms with E-state index in [1.807, 2.05) is 19.1 Å². The number of rotatable bonds is 6. The van der Waals surface area contributed by atoms with Crippen molar-refractivity contribution in [3.05, 3.63) is 34.3 Å². The lowest BCUT2D eigenvalue weighted by atomic mass is 9.92. The van der Waals surface area contributed by atoms with Crippen LogP contribution >= 0.6 is 15.9 Å². The van der Waals surface area contributed by atoms with E-state index in [-0.39, 0.29) is 11.6 Å². The van der Waals surface area contributed by atoms with Crippen molar-refractivity contribution in [1.82, 2.24) is 5.43 Å². The second-order valence-corrected chi connectivity index (χ2v) is 5.51. The maximum absolute atomic E-state index is 5.73. The van der Waals surface area contributed by atoms with Gasteiger partial charge in [0.1, 0.15) is 0 Å². The molecule has 96 valence electrons. The number of nitrogens with one attached hydrogen (secondary N) is 1. The van der Waals surface area contributed by atoms with Crippen molar-refractivity contribution < 1.29 is 4.74 Å². The van der Waals surface area contributed by atoms with Crippen molar-refractivity contribution >= 4 is 15.9 Å². The molecule has 0 amide bonds. The van der Waals surface area contributed by atoms with Crippen LogP contribution in [0.5, 0.6) is 0 Å². The van der Waals surface area contributed by atoms with E-state index in [4.69, 9.17) is 10.6 Å². The lowest BCUT2D eigenvalue weighted by Gasteiger charge is -2.33. The van der Waals surface area contributed by atoms with Crippen LogP contribution in [-0.4, -0.2) is 18.2 Å². The molecule has 1 unspecified atom stereocenters. The van der Waals surface area contributed by atoms with Crippen molar-refractivity contribution in [2.45, 2.75) is 38.8 Å². The summed E-state index contributed by atoms with van der Waals surface area (Å²) < 4.78 is 6.81. The van der Waals surface area contributed by atoms with Crippen molar-refractivity contribution in [3.63, 3.8) is 0 Å². The molecule has 0 bridgehead atoms. The molecular weight excluding hydrogens is 280 g/mol. The van der Waals surface area contributed by atoms with Crippen molar-refractivity contribution in [2.75, 3.05) is 6.61 Å². The van der Waals surface area contributed by atoms with Gasteiger partial charge in [-0.3, -0.25) is 11.3 Å². The van der Waals surface area contributed by atoms with E-state index >= 15 is 0 Å². The molecule has 0 aromatic heterocycles. The average Bonchev–Trinajstić information content (AvgIpc) is 2.25. The van der Waals surface area contributed by atoms with Crippen LogP contribution in [0.15, 0.2) is 28.7 Å². The van der Waals surface area contributed by atoms with E-state index in [1.54, 1.807) is 0 Å². The lowest BCUT2D eigenvalue weighted by Crippen LogP contribution is -2.52. The monoisotopic (exact) mass is 300 g/mol. The molecule has 0 radical (unpaired) electrons. The summed E-state index contributed by atoms with van der Waals surface area (Å²) in [5.74, 6) is 5.63. The Morgan fingerprint density at radius 1 is 1.47 bits per heavy atom. The molecule has 0 fully saturated rings. The first kappa shape index (κ1) is 14.6. The normalized spacial score (nSPS) is 13.7. The van der Waals surface area contributed by atoms with E-state index in [9.17, 15) is 0 Å². The Hall–Kier alpha value is -0.420. The fourth-order valence-corrected chi connectivity index (χ4v) is 2.32. The topological polar surface area (TPSA) is 47.3 Å². The molecule has 1 rings (SSSR count). The second-order valence-electron chi connectivity index (χ2n) is 4.59. The third-order valence-electron chi connectivity index (χ3n) is 2.89. The van der Waals surface area contributed by atoms with Gasteiger partial charge in [0.2, 0.25) is 0 Å². The van der Waals surface area contributed by atoms with Crippen LogP contribution < -0.4 is 11.3 Å². The Labute approximate surface area is 112 Å². The number of ether oxygens (including phenoxy) is 1. The highest BCUT2D eigenvalue weighted by molar-refractivity contribution is 9.10. The molecule has 0 aliphatic heterocycles. The van der Waals surface area contributed by atoms with Crippen LogP contribution in [0, 0.1) is 0 Å². The summed E-state index contributed by atoms with van der Waals surface area (Å²) in [6.07, 6.45) is 0.836. The van der Waals surface area contributed by atoms with Crippen LogP contribution in [0.2, 0.25) is 0 Å². The second kappa shape index (κ2) is 6.50. The van der Waals surface area contributed by atoms with Crippen LogP contribution in [0.25, 0.3) is 0 Å². The summed E-state index contributed by atoms with van der Waals surface area (Å²) in [5.41, 5.74) is 3.80. The van der Waals surface area contributed by atoms with Gasteiger partial charge in [-0.2, -0.15) is 0 Å². The highest BCUT2D eigenvalue weighted by Crippen LogP contribution is 2.20. The highest BCUT2D eigenvalue weighted by Gasteiger charge is 2.29. The molecule has 4 heteroatoms. The first-order valence-electron chi connectivity index (χ1n) is 5.84. The van der Waals surface area contributed by atoms with Gasteiger partial charge in [-0.25, -0.2) is 0 Å². The molecule has 3 nitrogen and oxygen atoms in total. The predicted molar refractivity (Wildman–Crippen MR) is 74.7 cm³/mol. The van der Waals surface area contributed by atoms with E-state index in [1.165, 1.54) is 5.56 Å². The van der Waals surface area contributed by atoms with Gasteiger partial charge in [-0.05, 0) is 44.9 Å². The molecular formula is C13H21BrN2O. The molecule has 0 saturated carbocycles. The van der Waals surface area contributed by atoms with E-state index in [0.29, 0.717) is 6.61 Å². The minimum absolute atomic E-state index is 0.0803. The minimum Gasteiger partial charge on any atom is -0.374 e. The fourth-order valence-electron chi connectivity index (χ4n) is 1.88. The standard InChI is InChI=1S/C13H21BrN2O/c1-4-17-13(2,3)12(16-15)9-10-6-5-7-11(14)8-10/h5-8,12,16H,4,9,15H2,1-3H3. The molecule has 0 spiro atoms. The Morgan fingerprint density at radius 2 is 2.18 bits per heavy atom. The van der Waals surface area contributed by atoms with Crippen LogP contribution in [0.4, 0.5) is 0 Å². The quantitative estimate of drug-likeness (QED) is 0.627. The molecule has 0 aliphatic carbocycles. The molecule has 17 heavy (non-hydrogen) atoms. The first-order chi connectivity index (χ1) is 7.99. The van der Waals surface area contributed by atoms with Crippen LogP contribution in [0.1, 0.15) is 26.3 Å². The van der Waals surface area contributed by atoms with Gasteiger partial charge in [0.15, 0.2) is 0 Å². The Kier molecular flexibility index (Phi) is 5.59. The summed E-state index contributed by atoms with van der Waals surface area (Å²) in [6.45, 7) is 6.79. The molecule has 1 aromatic carbocycles. The van der Waals surface area contributed by atoms with Gasteiger partial charge in [0.25, 0.3) is 0 Å². The summed E-state index contributed by atoms with van der Waals surface area (Å²) in [7, 11) is 0. The molecule has 0 saturated heterocycles. The fraction of sp³-hybridized carbons (Fsp3) is 0.538. The van der Waals surface area contributed by atoms with Crippen molar-refractivity contribution in [2.24, 2.45) is 5.84 Å². The largest absolute Gasteiger partial charge is 0.374 e. The Balaban J connectivity index is 2.76. The number of hydrogen-bond acceptors (Lipinski definition) is 3. The molecule has 3 N–H and O–H groups in total. The third-order valence-corrected chi connectivity index (χ3v) is 3.38. The molecule has 0 aliphatic rings. The summed E-state index contributed by atoms with van der Waals surface area (Å²) in [5, 5.41) is 0. The molecule has 1 atom stereocenters. The van der Waals surface area contributed by atoms with Crippen LogP contribution in [-0.2, 0) is 11.2 Å². The van der Waals surface area contributed by atoms with Gasteiger partial charge in [0, 0.05) is 11.1 Å². The maximum atomic E-state index is 5.73. The third kappa shape index (κ3) is 4.39. The van der Waals surface area contributed by atoms with E-state index in [0.717, 1.165) is 10.9 Å². The average molecular weight is 301 g/mol. The zero-order valence-electron chi connectivity index (χ0n) is 10.7. The minimum atomic E-state index is -0.286. The van der Waals surface area contributed by atoms with Crippen LogP contribution in [0.3, 0.4) is 0 Å². The SMILES string of the molecule is CCOC(C)(C)C(Cc1cccc(Br)c1)NN. The number of hydrazine groups is 1. The summed E-state index contributed by atoms with van der Waals surface area (Å²) in [6, 6.07) is 8.32. The number of hydrogen-bond donors (Lipinski definition) is 2. The lowest BCUT2D eigenvalue weighted by molar-refractivity contribution is -0.0380. The summed E-state index contributed by atoms with van der Waals surface area (Å²) in [4.78, 5) is 0. The Morgan fingerprint density at radius 3 is 2.71 bits per heavy atom. The number of nitrogens with two attached hydrogens (primary N) is 1. The highest BCUT2D eigenvalue weighted by atomic mass is 79.9. The van der Waals surface area contributed by atoms with Gasteiger partial charge in [-0.15, -0.1) is 0 Å². The maximum Gasteiger partial charge on any atom is 0.0795 e. The first-order valence-corrected chi connectivity index (χ1v) is 6.63. The molecule has 1 aromatic rings. The van der Waals surface area contributed by atoms with Gasteiger partial charge in [-0.1, -0.05) is 28.1 Å². The Bertz CT molecular complexity index is 355. The van der Waals surface area contributed by atoms with Gasteiger partial charge in [0.05, 0.1) is 11.6 Å². The van der Waals surface area contributed by atoms with E-state index in [2.05, 4.69) is 47.3 Å². The van der Waals surface area contributed by atoms with Crippen molar-refractivity contribution in [3.8, 4) is 0 Å². The molecule has 0 heterocycles. The van der Waals surface area contributed by atoms with Gasteiger partial charge < -0.3 is 4.74 Å².